The van der Waals surface area contributed by atoms with Crippen LogP contribution in [0.3, 0.4) is 0 Å². The molecule has 0 unspecified atom stereocenters. The third-order valence-corrected chi connectivity index (χ3v) is 3.57. The lowest BCUT2D eigenvalue weighted by Gasteiger charge is -2.08. The first-order valence-electron chi connectivity index (χ1n) is 7.62. The highest BCUT2D eigenvalue weighted by atomic mass is 32.1. The van der Waals surface area contributed by atoms with Gasteiger partial charge in [0.05, 0.1) is 7.11 Å². The van der Waals surface area contributed by atoms with E-state index in [1.54, 1.807) is 13.2 Å². The van der Waals surface area contributed by atoms with Crippen molar-refractivity contribution in [3.63, 3.8) is 0 Å². The van der Waals surface area contributed by atoms with Gasteiger partial charge in [-0.15, -0.1) is 0 Å². The van der Waals surface area contributed by atoms with E-state index in [2.05, 4.69) is 22.8 Å². The van der Waals surface area contributed by atoms with Crippen LogP contribution in [0, 0.1) is 0 Å². The van der Waals surface area contributed by atoms with E-state index in [4.69, 9.17) is 17.0 Å². The molecule has 0 saturated carbocycles. The largest absolute Gasteiger partial charge is 0.497 e. The van der Waals surface area contributed by atoms with Gasteiger partial charge in [0.1, 0.15) is 5.75 Å². The predicted molar refractivity (Wildman–Crippen MR) is 101 cm³/mol. The Morgan fingerprint density at radius 2 is 1.83 bits per heavy atom. The molecule has 0 aliphatic carbocycles. The normalized spacial score (nSPS) is 10.4. The molecule has 2 rings (SSSR count). The monoisotopic (exact) mass is 340 g/mol. The molecule has 124 valence electrons. The van der Waals surface area contributed by atoms with Crippen molar-refractivity contribution < 1.29 is 9.53 Å². The average Bonchev–Trinajstić information content (AvgIpc) is 2.61. The lowest BCUT2D eigenvalue weighted by molar-refractivity contribution is -0.115. The average molecular weight is 340 g/mol. The molecule has 0 aliphatic heterocycles. The van der Waals surface area contributed by atoms with Gasteiger partial charge in [-0.25, -0.2) is 0 Å². The molecule has 1 amide bonds. The Kier molecular flexibility index (Phi) is 6.98. The summed E-state index contributed by atoms with van der Waals surface area (Å²) >= 11 is 5.12. The van der Waals surface area contributed by atoms with Crippen molar-refractivity contribution in [2.45, 2.75) is 6.42 Å². The van der Waals surface area contributed by atoms with E-state index in [9.17, 15) is 4.79 Å². The van der Waals surface area contributed by atoms with E-state index in [1.165, 1.54) is 11.6 Å². The number of benzene rings is 2. The van der Waals surface area contributed by atoms with Crippen LogP contribution in [0.4, 0.5) is 0 Å². The van der Waals surface area contributed by atoms with E-state index >= 15 is 0 Å². The van der Waals surface area contributed by atoms with Gasteiger partial charge in [-0.3, -0.25) is 10.1 Å². The lowest BCUT2D eigenvalue weighted by Crippen LogP contribution is -2.39. The van der Waals surface area contributed by atoms with Gasteiger partial charge in [0.25, 0.3) is 0 Å². The number of carbonyl (C=O) groups excluding carboxylic acids is 1. The van der Waals surface area contributed by atoms with Crippen molar-refractivity contribution in [2.24, 2.45) is 0 Å². The van der Waals surface area contributed by atoms with Gasteiger partial charge < -0.3 is 10.1 Å². The van der Waals surface area contributed by atoms with Crippen LogP contribution < -0.4 is 15.4 Å². The second-order valence-corrected chi connectivity index (χ2v) is 5.50. The fourth-order valence-electron chi connectivity index (χ4n) is 2.05. The first kappa shape index (κ1) is 17.7. The molecule has 2 aromatic rings. The summed E-state index contributed by atoms with van der Waals surface area (Å²) in [7, 11) is 1.62. The topological polar surface area (TPSA) is 50.4 Å². The third kappa shape index (κ3) is 6.22. The van der Waals surface area contributed by atoms with Crippen LogP contribution in [0.5, 0.6) is 5.75 Å². The standard InChI is InChI=1S/C19H20N2O2S/c1-23-17-10-7-16(8-11-17)9-12-18(22)21-19(24)20-14-13-15-5-3-2-4-6-15/h2-12H,13-14H2,1H3,(H2,20,21,22,24)/b12-9+. The van der Waals surface area contributed by atoms with Crippen LogP contribution in [0.15, 0.2) is 60.7 Å². The molecule has 0 heterocycles. The quantitative estimate of drug-likeness (QED) is 0.627. The number of methoxy groups -OCH3 is 1. The molecule has 0 aromatic heterocycles. The summed E-state index contributed by atoms with van der Waals surface area (Å²) in [4.78, 5) is 11.8. The molecule has 24 heavy (non-hydrogen) atoms. The van der Waals surface area contributed by atoms with Gasteiger partial charge in [-0.1, -0.05) is 42.5 Å². The van der Waals surface area contributed by atoms with Gasteiger partial charge in [0.15, 0.2) is 5.11 Å². The number of hydrogen-bond donors (Lipinski definition) is 2. The minimum atomic E-state index is -0.261. The zero-order chi connectivity index (χ0) is 17.2. The summed E-state index contributed by atoms with van der Waals surface area (Å²) in [6.45, 7) is 0.672. The van der Waals surface area contributed by atoms with Gasteiger partial charge in [0, 0.05) is 12.6 Å². The Hall–Kier alpha value is -2.66. The molecule has 2 N–H and O–H groups in total. The van der Waals surface area contributed by atoms with Gasteiger partial charge in [-0.2, -0.15) is 0 Å². The molecular weight excluding hydrogens is 320 g/mol. The molecular formula is C19H20N2O2S. The molecule has 0 fully saturated rings. The Morgan fingerprint density at radius 1 is 1.12 bits per heavy atom. The van der Waals surface area contributed by atoms with Gasteiger partial charge in [0.2, 0.25) is 5.91 Å². The van der Waals surface area contributed by atoms with E-state index in [-0.39, 0.29) is 5.91 Å². The number of nitrogens with one attached hydrogen (secondary N) is 2. The molecule has 0 radical (unpaired) electrons. The van der Waals surface area contributed by atoms with Crippen LogP contribution in [-0.4, -0.2) is 24.7 Å². The molecule has 0 spiro atoms. The van der Waals surface area contributed by atoms with Crippen molar-refractivity contribution in [3.8, 4) is 5.75 Å². The molecule has 0 saturated heterocycles. The van der Waals surface area contributed by atoms with Gasteiger partial charge in [-0.05, 0) is 48.0 Å². The number of hydrogen-bond acceptors (Lipinski definition) is 3. The van der Waals surface area contributed by atoms with Crippen LogP contribution in [0.1, 0.15) is 11.1 Å². The summed E-state index contributed by atoms with van der Waals surface area (Å²) in [5, 5.41) is 5.98. The number of ether oxygens (including phenoxy) is 1. The highest BCUT2D eigenvalue weighted by molar-refractivity contribution is 7.80. The molecule has 2 aromatic carbocycles. The number of amides is 1. The Morgan fingerprint density at radius 3 is 2.50 bits per heavy atom. The van der Waals surface area contributed by atoms with Crippen LogP contribution in [0.2, 0.25) is 0 Å². The van der Waals surface area contributed by atoms with E-state index in [0.29, 0.717) is 11.7 Å². The van der Waals surface area contributed by atoms with E-state index in [1.807, 2.05) is 42.5 Å². The predicted octanol–water partition coefficient (Wildman–Crippen LogP) is 2.94. The third-order valence-electron chi connectivity index (χ3n) is 3.32. The highest BCUT2D eigenvalue weighted by Gasteiger charge is 2.00. The first-order chi connectivity index (χ1) is 11.7. The summed E-state index contributed by atoms with van der Waals surface area (Å²) in [6.07, 6.45) is 4.02. The fourth-order valence-corrected chi connectivity index (χ4v) is 2.25. The smallest absolute Gasteiger partial charge is 0.250 e. The van der Waals surface area contributed by atoms with Crippen LogP contribution >= 0.6 is 12.2 Å². The SMILES string of the molecule is COc1ccc(/C=C/C(=O)NC(=S)NCCc2ccccc2)cc1. The van der Waals surface area contributed by atoms with Crippen molar-refractivity contribution in [3.05, 3.63) is 71.8 Å². The molecule has 4 nitrogen and oxygen atoms in total. The minimum Gasteiger partial charge on any atom is -0.497 e. The minimum absolute atomic E-state index is 0.261. The van der Waals surface area contributed by atoms with Crippen molar-refractivity contribution in [1.82, 2.24) is 10.6 Å². The second-order valence-electron chi connectivity index (χ2n) is 5.09. The molecule has 5 heteroatoms. The Labute approximate surface area is 147 Å². The number of rotatable bonds is 6. The maximum absolute atomic E-state index is 11.8. The number of thiocarbonyl (C=S) groups is 1. The Balaban J connectivity index is 1.72. The summed E-state index contributed by atoms with van der Waals surface area (Å²) in [5.41, 5.74) is 2.13. The summed E-state index contributed by atoms with van der Waals surface area (Å²) < 4.78 is 5.09. The zero-order valence-electron chi connectivity index (χ0n) is 13.5. The molecule has 0 aliphatic rings. The van der Waals surface area contributed by atoms with Crippen LogP contribution in [0.25, 0.3) is 6.08 Å². The van der Waals surface area contributed by atoms with Crippen molar-refractivity contribution >= 4 is 29.3 Å². The van der Waals surface area contributed by atoms with Crippen molar-refractivity contribution in [1.29, 1.82) is 0 Å². The maximum Gasteiger partial charge on any atom is 0.250 e. The first-order valence-corrected chi connectivity index (χ1v) is 8.03. The second kappa shape index (κ2) is 9.47. The van der Waals surface area contributed by atoms with E-state index < -0.39 is 0 Å². The lowest BCUT2D eigenvalue weighted by atomic mass is 10.1. The van der Waals surface area contributed by atoms with Crippen molar-refractivity contribution in [2.75, 3.05) is 13.7 Å². The number of carbonyl (C=O) groups is 1. The Bertz CT molecular complexity index is 697. The highest BCUT2D eigenvalue weighted by Crippen LogP contribution is 2.12. The van der Waals surface area contributed by atoms with Gasteiger partial charge >= 0.3 is 0 Å². The summed E-state index contributed by atoms with van der Waals surface area (Å²) in [5.74, 6) is 0.517. The van der Waals surface area contributed by atoms with Crippen LogP contribution in [-0.2, 0) is 11.2 Å². The zero-order valence-corrected chi connectivity index (χ0v) is 14.3. The molecule has 0 bridgehead atoms. The summed E-state index contributed by atoms with van der Waals surface area (Å²) in [6, 6.07) is 17.5. The fraction of sp³-hybridized carbons (Fsp3) is 0.158. The van der Waals surface area contributed by atoms with E-state index in [0.717, 1.165) is 17.7 Å². The molecule has 0 atom stereocenters. The maximum atomic E-state index is 11.8.